The number of hydrogen-bond acceptors (Lipinski definition) is 2. The first-order valence-corrected chi connectivity index (χ1v) is 8.85. The van der Waals surface area contributed by atoms with Crippen molar-refractivity contribution in [1.82, 2.24) is 4.90 Å². The van der Waals surface area contributed by atoms with Gasteiger partial charge in [-0.1, -0.05) is 52.3 Å². The first kappa shape index (κ1) is 16.3. The predicted molar refractivity (Wildman–Crippen MR) is 99.8 cm³/mol. The van der Waals surface area contributed by atoms with Crippen LogP contribution in [0.1, 0.15) is 23.1 Å². The van der Waals surface area contributed by atoms with Crippen LogP contribution in [0.4, 0.5) is 0 Å². The van der Waals surface area contributed by atoms with E-state index in [1.807, 2.05) is 0 Å². The Bertz CT molecular complexity index is 679. The van der Waals surface area contributed by atoms with E-state index in [-0.39, 0.29) is 0 Å². The maximum atomic E-state index is 5.76. The maximum Gasteiger partial charge on any atom is 0.122 e. The van der Waals surface area contributed by atoms with Gasteiger partial charge in [-0.05, 0) is 54.8 Å². The van der Waals surface area contributed by atoms with E-state index in [1.165, 1.54) is 16.7 Å². The Kier molecular flexibility index (Phi) is 5.52. The molecule has 1 aliphatic rings. The summed E-state index contributed by atoms with van der Waals surface area (Å²) in [4.78, 5) is 2.31. The van der Waals surface area contributed by atoms with Gasteiger partial charge >= 0.3 is 0 Å². The van der Waals surface area contributed by atoms with Crippen LogP contribution in [0.15, 0.2) is 53.0 Å². The Morgan fingerprint density at radius 1 is 1.17 bits per heavy atom. The number of rotatable bonds is 5. The molecule has 0 aliphatic carbocycles. The Balaban J connectivity index is 1.54. The lowest BCUT2D eigenvalue weighted by atomic mass is 10.0. The predicted octanol–water partition coefficient (Wildman–Crippen LogP) is 4.92. The van der Waals surface area contributed by atoms with Gasteiger partial charge in [-0.3, -0.25) is 4.90 Å². The summed E-state index contributed by atoms with van der Waals surface area (Å²) in [5.41, 5.74) is 3.88. The van der Waals surface area contributed by atoms with Gasteiger partial charge in [0.2, 0.25) is 0 Å². The summed E-state index contributed by atoms with van der Waals surface area (Å²) >= 11 is 3.46. The van der Waals surface area contributed by atoms with Gasteiger partial charge < -0.3 is 4.74 Å². The molecule has 0 spiro atoms. The normalized spacial score (nSPS) is 14.0. The highest BCUT2D eigenvalue weighted by atomic mass is 79.9. The Hall–Kier alpha value is -1.58. The summed E-state index contributed by atoms with van der Waals surface area (Å²) in [6.45, 7) is 2.71. The van der Waals surface area contributed by atoms with Crippen molar-refractivity contribution in [3.63, 3.8) is 0 Å². The quantitative estimate of drug-likeness (QED) is 0.739. The van der Waals surface area contributed by atoms with E-state index >= 15 is 0 Å². The van der Waals surface area contributed by atoms with Crippen LogP contribution >= 0.6 is 15.9 Å². The summed E-state index contributed by atoms with van der Waals surface area (Å²) in [5, 5.41) is 0. The number of hydrogen-bond donors (Lipinski definition) is 0. The van der Waals surface area contributed by atoms with Crippen molar-refractivity contribution in [2.24, 2.45) is 0 Å². The molecule has 2 aromatic rings. The molecule has 1 heterocycles. The fraction of sp³-hybridized carbons (Fsp3) is 0.300. The monoisotopic (exact) mass is 371 g/mol. The van der Waals surface area contributed by atoms with Gasteiger partial charge in [0.1, 0.15) is 5.75 Å². The van der Waals surface area contributed by atoms with E-state index in [0.29, 0.717) is 0 Å². The average molecular weight is 372 g/mol. The second kappa shape index (κ2) is 7.80. The first-order chi connectivity index (χ1) is 11.2. The lowest BCUT2D eigenvalue weighted by Crippen LogP contribution is -2.18. The van der Waals surface area contributed by atoms with E-state index in [2.05, 4.69) is 82.5 Å². The summed E-state index contributed by atoms with van der Waals surface area (Å²) in [6, 6.07) is 15.0. The molecule has 2 nitrogen and oxygen atoms in total. The Morgan fingerprint density at radius 2 is 2.00 bits per heavy atom. The van der Waals surface area contributed by atoms with E-state index in [9.17, 15) is 0 Å². The van der Waals surface area contributed by atoms with Crippen molar-refractivity contribution < 1.29 is 4.74 Å². The number of benzene rings is 2. The van der Waals surface area contributed by atoms with Gasteiger partial charge in [-0.2, -0.15) is 0 Å². The van der Waals surface area contributed by atoms with Gasteiger partial charge in [0, 0.05) is 17.6 Å². The average Bonchev–Trinajstić information content (AvgIpc) is 2.56. The highest BCUT2D eigenvalue weighted by molar-refractivity contribution is 9.10. The molecule has 0 radical (unpaired) electrons. The number of ether oxygens (including phenoxy) is 1. The summed E-state index contributed by atoms with van der Waals surface area (Å²) in [7, 11) is 2.15. The van der Waals surface area contributed by atoms with Gasteiger partial charge in [-0.15, -0.1) is 0 Å². The van der Waals surface area contributed by atoms with Gasteiger partial charge in [0.05, 0.1) is 6.61 Å². The first-order valence-electron chi connectivity index (χ1n) is 8.06. The third-order valence-electron chi connectivity index (χ3n) is 4.03. The number of halogens is 1. The van der Waals surface area contributed by atoms with Gasteiger partial charge in [-0.25, -0.2) is 0 Å². The lowest BCUT2D eigenvalue weighted by Gasteiger charge is -2.20. The molecule has 120 valence electrons. The molecule has 3 heteroatoms. The van der Waals surface area contributed by atoms with Crippen molar-refractivity contribution in [3.8, 4) is 5.75 Å². The van der Waals surface area contributed by atoms with Crippen LogP contribution < -0.4 is 4.74 Å². The number of nitrogens with zero attached hydrogens (tertiary/aromatic N) is 1. The van der Waals surface area contributed by atoms with Crippen molar-refractivity contribution in [2.75, 3.05) is 20.2 Å². The minimum atomic E-state index is 0.849. The van der Waals surface area contributed by atoms with Crippen LogP contribution in [0, 0.1) is 0 Å². The fourth-order valence-corrected chi connectivity index (χ4v) is 3.07. The van der Waals surface area contributed by atoms with E-state index < -0.39 is 0 Å². The van der Waals surface area contributed by atoms with E-state index in [4.69, 9.17) is 4.74 Å². The maximum absolute atomic E-state index is 5.76. The molecule has 1 aliphatic heterocycles. The second-order valence-corrected chi connectivity index (χ2v) is 6.96. The van der Waals surface area contributed by atoms with Crippen LogP contribution in [-0.2, 0) is 13.0 Å². The zero-order valence-electron chi connectivity index (χ0n) is 13.5. The standard InChI is InChI=1S/C20H22BrNO/c1-22(12-2-4-16-7-10-19(21)11-8-16)15-17-6-9-18-5-3-13-23-20(18)14-17/h2,4,6-11,14H,3,5,12-13,15H2,1H3. The molecular formula is C20H22BrNO. The SMILES string of the molecule is CN(CC=Cc1ccc(Br)cc1)Cc1ccc2c(c1)OCCC2. The number of likely N-dealkylation sites (N-methyl/N-ethyl adjacent to an activating group) is 1. The summed E-state index contributed by atoms with van der Waals surface area (Å²) in [5.74, 6) is 1.08. The Morgan fingerprint density at radius 3 is 2.83 bits per heavy atom. The van der Waals surface area contributed by atoms with Crippen LogP contribution in [-0.4, -0.2) is 25.1 Å². The van der Waals surface area contributed by atoms with Crippen molar-refractivity contribution in [1.29, 1.82) is 0 Å². The molecule has 0 aromatic heterocycles. The molecule has 0 saturated heterocycles. The van der Waals surface area contributed by atoms with Crippen molar-refractivity contribution >= 4 is 22.0 Å². The van der Waals surface area contributed by atoms with Gasteiger partial charge in [0.25, 0.3) is 0 Å². The summed E-state index contributed by atoms with van der Waals surface area (Å²) < 4.78 is 6.87. The summed E-state index contributed by atoms with van der Waals surface area (Å²) in [6.07, 6.45) is 6.64. The third-order valence-corrected chi connectivity index (χ3v) is 4.56. The largest absolute Gasteiger partial charge is 0.493 e. The molecule has 0 bridgehead atoms. The number of fused-ring (bicyclic) bond motifs is 1. The van der Waals surface area contributed by atoms with E-state index in [1.54, 1.807) is 0 Å². The van der Waals surface area contributed by atoms with Crippen molar-refractivity contribution in [3.05, 3.63) is 69.7 Å². The Labute approximate surface area is 146 Å². The molecule has 23 heavy (non-hydrogen) atoms. The minimum Gasteiger partial charge on any atom is -0.493 e. The minimum absolute atomic E-state index is 0.849. The van der Waals surface area contributed by atoms with Crippen LogP contribution in [0.25, 0.3) is 6.08 Å². The topological polar surface area (TPSA) is 12.5 Å². The molecular weight excluding hydrogens is 350 g/mol. The smallest absolute Gasteiger partial charge is 0.122 e. The van der Waals surface area contributed by atoms with Gasteiger partial charge in [0.15, 0.2) is 0 Å². The zero-order chi connectivity index (χ0) is 16.1. The molecule has 0 amide bonds. The molecule has 3 rings (SSSR count). The molecule has 0 saturated carbocycles. The molecule has 0 N–H and O–H groups in total. The fourth-order valence-electron chi connectivity index (χ4n) is 2.80. The highest BCUT2D eigenvalue weighted by Crippen LogP contribution is 2.26. The molecule has 2 aromatic carbocycles. The second-order valence-electron chi connectivity index (χ2n) is 6.04. The lowest BCUT2D eigenvalue weighted by molar-refractivity contribution is 0.287. The van der Waals surface area contributed by atoms with E-state index in [0.717, 1.165) is 42.8 Å². The molecule has 0 atom stereocenters. The van der Waals surface area contributed by atoms with Crippen LogP contribution in [0.2, 0.25) is 0 Å². The van der Waals surface area contributed by atoms with Crippen LogP contribution in [0.3, 0.4) is 0 Å². The van der Waals surface area contributed by atoms with Crippen LogP contribution in [0.5, 0.6) is 5.75 Å². The molecule has 0 fully saturated rings. The molecule has 0 unspecified atom stereocenters. The zero-order valence-corrected chi connectivity index (χ0v) is 15.1. The number of aryl methyl sites for hydroxylation is 1. The highest BCUT2D eigenvalue weighted by Gasteiger charge is 2.10. The van der Waals surface area contributed by atoms with Crippen molar-refractivity contribution in [2.45, 2.75) is 19.4 Å². The third kappa shape index (κ3) is 4.69.